The molecule has 0 saturated heterocycles. The van der Waals surface area contributed by atoms with E-state index in [4.69, 9.17) is 5.53 Å². The van der Waals surface area contributed by atoms with Crippen molar-refractivity contribution in [1.29, 1.82) is 0 Å². The van der Waals surface area contributed by atoms with Crippen molar-refractivity contribution >= 4 is 28.3 Å². The van der Waals surface area contributed by atoms with Gasteiger partial charge in [0.1, 0.15) is 0 Å². The number of rotatable bonds is 0. The standard InChI is InChI=1S/C14H8N2O/c15-16-13-8-7-11-10-4-2-1-3-9(10)5-6-12(11)14(13)17/h1-8H. The zero-order valence-corrected chi connectivity index (χ0v) is 8.92. The van der Waals surface area contributed by atoms with Gasteiger partial charge in [-0.2, -0.15) is 4.79 Å². The molecule has 0 atom stereocenters. The number of ketones is 1. The summed E-state index contributed by atoms with van der Waals surface area (Å²) in [6.07, 6.45) is 3.35. The third-order valence-corrected chi connectivity index (χ3v) is 2.96. The van der Waals surface area contributed by atoms with Crippen molar-refractivity contribution in [2.75, 3.05) is 0 Å². The molecule has 80 valence electrons. The van der Waals surface area contributed by atoms with E-state index in [-0.39, 0.29) is 11.5 Å². The molecule has 0 radical (unpaired) electrons. The Morgan fingerprint density at radius 3 is 2.65 bits per heavy atom. The summed E-state index contributed by atoms with van der Waals surface area (Å²) in [7, 11) is 0. The first-order valence-corrected chi connectivity index (χ1v) is 5.28. The molecule has 2 aromatic rings. The minimum atomic E-state index is -0.240. The Morgan fingerprint density at radius 2 is 1.82 bits per heavy atom. The van der Waals surface area contributed by atoms with Crippen LogP contribution in [-0.4, -0.2) is 16.3 Å². The summed E-state index contributed by atoms with van der Waals surface area (Å²) in [5, 5.41) is 2.12. The SMILES string of the molecule is [N-]=[N+]=C1C=Cc2c(ccc3ccccc23)C1=O. The molecule has 3 nitrogen and oxygen atoms in total. The van der Waals surface area contributed by atoms with Crippen LogP contribution in [0.25, 0.3) is 22.4 Å². The van der Waals surface area contributed by atoms with E-state index in [9.17, 15) is 4.79 Å². The highest BCUT2D eigenvalue weighted by Crippen LogP contribution is 2.26. The monoisotopic (exact) mass is 220 g/mol. The molecule has 3 heteroatoms. The van der Waals surface area contributed by atoms with Gasteiger partial charge >= 0.3 is 5.71 Å². The molecule has 0 fully saturated rings. The first-order chi connectivity index (χ1) is 8.31. The predicted molar refractivity (Wildman–Crippen MR) is 65.9 cm³/mol. The number of nitrogens with zero attached hydrogens (tertiary/aromatic N) is 2. The van der Waals surface area contributed by atoms with E-state index >= 15 is 0 Å². The Morgan fingerprint density at radius 1 is 1.00 bits per heavy atom. The second-order valence-electron chi connectivity index (χ2n) is 3.90. The lowest BCUT2D eigenvalue weighted by atomic mass is 9.90. The number of hydrogen-bond donors (Lipinski definition) is 0. The first-order valence-electron chi connectivity index (χ1n) is 5.28. The number of carbonyl (C=O) groups excluding carboxylic acids is 1. The van der Waals surface area contributed by atoms with Gasteiger partial charge in [0, 0.05) is 11.6 Å². The van der Waals surface area contributed by atoms with E-state index in [1.165, 1.54) is 6.08 Å². The van der Waals surface area contributed by atoms with E-state index in [0.29, 0.717) is 5.56 Å². The number of benzene rings is 2. The lowest BCUT2D eigenvalue weighted by Crippen LogP contribution is -2.17. The Kier molecular flexibility index (Phi) is 2.00. The fraction of sp³-hybridized carbons (Fsp3) is 0. The van der Waals surface area contributed by atoms with E-state index in [0.717, 1.165) is 16.3 Å². The van der Waals surface area contributed by atoms with Crippen LogP contribution in [0.1, 0.15) is 15.9 Å². The van der Waals surface area contributed by atoms with E-state index in [1.807, 2.05) is 36.4 Å². The highest BCUT2D eigenvalue weighted by atomic mass is 16.1. The summed E-state index contributed by atoms with van der Waals surface area (Å²) < 4.78 is 0. The zero-order chi connectivity index (χ0) is 11.8. The molecule has 0 amide bonds. The maximum Gasteiger partial charge on any atom is 0.362 e. The molecule has 0 heterocycles. The summed E-state index contributed by atoms with van der Waals surface area (Å²) in [6, 6.07) is 11.6. The Hall–Kier alpha value is -2.51. The quantitative estimate of drug-likeness (QED) is 0.497. The molecule has 0 bridgehead atoms. The molecule has 0 spiro atoms. The molecular formula is C14H8N2O. The summed E-state index contributed by atoms with van der Waals surface area (Å²) in [6.45, 7) is 0. The van der Waals surface area contributed by atoms with Crippen LogP contribution in [-0.2, 0) is 0 Å². The van der Waals surface area contributed by atoms with Gasteiger partial charge in [0.15, 0.2) is 0 Å². The number of allylic oxidation sites excluding steroid dienone is 1. The highest BCUT2D eigenvalue weighted by molar-refractivity contribution is 6.50. The number of hydrogen-bond acceptors (Lipinski definition) is 1. The molecule has 1 aliphatic rings. The third kappa shape index (κ3) is 1.34. The number of Topliss-reactive ketones (excluding diaryl/α,β-unsaturated/α-hetero) is 1. The number of fused-ring (bicyclic) bond motifs is 3. The van der Waals surface area contributed by atoms with Crippen LogP contribution in [0.15, 0.2) is 42.5 Å². The molecule has 0 unspecified atom stereocenters. The van der Waals surface area contributed by atoms with Gasteiger partial charge in [-0.15, -0.1) is 0 Å². The van der Waals surface area contributed by atoms with Crippen LogP contribution >= 0.6 is 0 Å². The minimum Gasteiger partial charge on any atom is -0.361 e. The van der Waals surface area contributed by atoms with Gasteiger partial charge in [-0.25, -0.2) is 0 Å². The van der Waals surface area contributed by atoms with Gasteiger partial charge in [0.2, 0.25) is 0 Å². The summed E-state index contributed by atoms with van der Waals surface area (Å²) in [4.78, 5) is 14.9. The number of carbonyl (C=O) groups is 1. The minimum absolute atomic E-state index is 0.0766. The van der Waals surface area contributed by atoms with Crippen molar-refractivity contribution in [3.8, 4) is 0 Å². The van der Waals surface area contributed by atoms with Crippen molar-refractivity contribution < 1.29 is 9.58 Å². The summed E-state index contributed by atoms with van der Waals surface area (Å²) in [5.74, 6) is -0.240. The van der Waals surface area contributed by atoms with E-state index < -0.39 is 0 Å². The second-order valence-corrected chi connectivity index (χ2v) is 3.90. The van der Waals surface area contributed by atoms with Crippen molar-refractivity contribution in [2.24, 2.45) is 0 Å². The summed E-state index contributed by atoms with van der Waals surface area (Å²) >= 11 is 0. The van der Waals surface area contributed by atoms with Crippen LogP contribution < -0.4 is 0 Å². The molecular weight excluding hydrogens is 212 g/mol. The van der Waals surface area contributed by atoms with Crippen LogP contribution in [0.2, 0.25) is 0 Å². The van der Waals surface area contributed by atoms with Gasteiger partial charge in [-0.3, -0.25) is 4.79 Å². The van der Waals surface area contributed by atoms with Crippen LogP contribution in [0, 0.1) is 0 Å². The third-order valence-electron chi connectivity index (χ3n) is 2.96. The highest BCUT2D eigenvalue weighted by Gasteiger charge is 2.26. The molecule has 2 aromatic carbocycles. The largest absolute Gasteiger partial charge is 0.362 e. The average Bonchev–Trinajstić information content (AvgIpc) is 2.39. The average molecular weight is 220 g/mol. The first kappa shape index (κ1) is 9.70. The second kappa shape index (κ2) is 3.51. The van der Waals surface area contributed by atoms with Gasteiger partial charge in [-0.1, -0.05) is 30.3 Å². The van der Waals surface area contributed by atoms with Crippen molar-refractivity contribution in [3.05, 3.63) is 59.1 Å². The Labute approximate surface area is 97.6 Å². The predicted octanol–water partition coefficient (Wildman–Crippen LogP) is 2.72. The van der Waals surface area contributed by atoms with E-state index in [1.54, 1.807) is 6.07 Å². The zero-order valence-electron chi connectivity index (χ0n) is 8.92. The fourth-order valence-electron chi connectivity index (χ4n) is 2.13. The molecule has 1 aliphatic carbocycles. The van der Waals surface area contributed by atoms with Crippen molar-refractivity contribution in [3.63, 3.8) is 0 Å². The molecule has 0 saturated carbocycles. The molecule has 3 rings (SSSR count). The molecule has 0 aliphatic heterocycles. The topological polar surface area (TPSA) is 53.5 Å². The van der Waals surface area contributed by atoms with Gasteiger partial charge in [-0.05, 0) is 28.5 Å². The van der Waals surface area contributed by atoms with Gasteiger partial charge in [0.05, 0.1) is 0 Å². The van der Waals surface area contributed by atoms with Crippen LogP contribution in [0.4, 0.5) is 0 Å². The van der Waals surface area contributed by atoms with E-state index in [2.05, 4.69) is 4.79 Å². The Bertz CT molecular complexity index is 722. The maximum atomic E-state index is 11.9. The maximum absolute atomic E-state index is 11.9. The summed E-state index contributed by atoms with van der Waals surface area (Å²) in [5.41, 5.74) is 10.3. The normalized spacial score (nSPS) is 13.6. The lowest BCUT2D eigenvalue weighted by Gasteiger charge is -2.09. The van der Waals surface area contributed by atoms with Crippen LogP contribution in [0.3, 0.4) is 0 Å². The lowest BCUT2D eigenvalue weighted by molar-refractivity contribution is -0.00434. The molecule has 0 N–H and O–H groups in total. The van der Waals surface area contributed by atoms with Crippen molar-refractivity contribution in [1.82, 2.24) is 0 Å². The fourth-order valence-corrected chi connectivity index (χ4v) is 2.13. The van der Waals surface area contributed by atoms with Crippen molar-refractivity contribution in [2.45, 2.75) is 0 Å². The Balaban J connectivity index is 2.41. The van der Waals surface area contributed by atoms with Crippen LogP contribution in [0.5, 0.6) is 0 Å². The molecule has 0 aromatic heterocycles. The van der Waals surface area contributed by atoms with Gasteiger partial charge in [0.25, 0.3) is 5.78 Å². The molecule has 17 heavy (non-hydrogen) atoms. The smallest absolute Gasteiger partial charge is 0.361 e. The van der Waals surface area contributed by atoms with Gasteiger partial charge < -0.3 is 5.53 Å².